The maximum atomic E-state index is 5.44. The number of hydrogen-bond donors (Lipinski definition) is 1. The van der Waals surface area contributed by atoms with E-state index in [0.717, 1.165) is 18.2 Å². The third-order valence-corrected chi connectivity index (χ3v) is 2.28. The van der Waals surface area contributed by atoms with E-state index in [1.807, 2.05) is 0 Å². The third-order valence-electron chi connectivity index (χ3n) is 1.46. The van der Waals surface area contributed by atoms with Gasteiger partial charge in [0.25, 0.3) is 0 Å². The highest BCUT2D eigenvalue weighted by atomic mass is 32.1. The van der Waals surface area contributed by atoms with Crippen molar-refractivity contribution in [3.63, 3.8) is 0 Å². The average Bonchev–Trinajstić information content (AvgIpc) is 2.39. The van der Waals surface area contributed by atoms with E-state index in [1.165, 1.54) is 11.3 Å². The molecule has 4 nitrogen and oxygen atoms in total. The molecule has 0 spiro atoms. The van der Waals surface area contributed by atoms with Crippen LogP contribution in [0.5, 0.6) is 0 Å². The van der Waals surface area contributed by atoms with Crippen LogP contribution in [0, 0.1) is 0 Å². The fraction of sp³-hybridized carbons (Fsp3) is 0.667. The summed E-state index contributed by atoms with van der Waals surface area (Å²) in [5.41, 5.74) is 5.44. The van der Waals surface area contributed by atoms with Gasteiger partial charge in [0, 0.05) is 13.1 Å². The molecule has 0 unspecified atom stereocenters. The highest BCUT2D eigenvalue weighted by molar-refractivity contribution is 7.18. The Morgan fingerprint density at radius 1 is 1.36 bits per heavy atom. The number of anilines is 2. The van der Waals surface area contributed by atoms with Crippen molar-refractivity contribution < 1.29 is 0 Å². The Balaban J connectivity index is 2.73. The molecule has 0 amide bonds. The summed E-state index contributed by atoms with van der Waals surface area (Å²) in [6.07, 6.45) is 0. The standard InChI is InChI=1S/C6H12N4S/c1-3-10(4-2)6-9-8-5(7)11-6/h3-4H2,1-2H3,(H2,7,8). The number of rotatable bonds is 3. The molecular weight excluding hydrogens is 160 g/mol. The van der Waals surface area contributed by atoms with Crippen molar-refractivity contribution in [3.8, 4) is 0 Å². The molecule has 1 aromatic rings. The molecule has 1 rings (SSSR count). The minimum absolute atomic E-state index is 0.534. The van der Waals surface area contributed by atoms with Gasteiger partial charge >= 0.3 is 0 Å². The first kappa shape index (κ1) is 8.26. The van der Waals surface area contributed by atoms with Gasteiger partial charge in [-0.1, -0.05) is 11.3 Å². The van der Waals surface area contributed by atoms with Gasteiger partial charge in [-0.05, 0) is 13.8 Å². The summed E-state index contributed by atoms with van der Waals surface area (Å²) in [6, 6.07) is 0. The highest BCUT2D eigenvalue weighted by Gasteiger charge is 2.06. The summed E-state index contributed by atoms with van der Waals surface area (Å²) in [5, 5.41) is 9.11. The molecule has 0 saturated heterocycles. The molecule has 0 bridgehead atoms. The van der Waals surface area contributed by atoms with E-state index < -0.39 is 0 Å². The van der Waals surface area contributed by atoms with E-state index in [-0.39, 0.29) is 0 Å². The number of nitrogen functional groups attached to an aromatic ring is 1. The van der Waals surface area contributed by atoms with Gasteiger partial charge in [0.15, 0.2) is 0 Å². The van der Waals surface area contributed by atoms with Crippen LogP contribution >= 0.6 is 11.3 Å². The Labute approximate surface area is 70.0 Å². The van der Waals surface area contributed by atoms with E-state index in [1.54, 1.807) is 0 Å². The second-order valence-electron chi connectivity index (χ2n) is 2.10. The fourth-order valence-electron chi connectivity index (χ4n) is 0.848. The monoisotopic (exact) mass is 172 g/mol. The SMILES string of the molecule is CCN(CC)c1nnc(N)s1. The van der Waals surface area contributed by atoms with Gasteiger partial charge in [-0.3, -0.25) is 0 Å². The Hall–Kier alpha value is -0.840. The van der Waals surface area contributed by atoms with Crippen LogP contribution in [0.25, 0.3) is 0 Å². The van der Waals surface area contributed by atoms with Crippen molar-refractivity contribution in [2.75, 3.05) is 23.7 Å². The molecule has 0 aliphatic heterocycles. The van der Waals surface area contributed by atoms with Crippen LogP contribution in [-0.2, 0) is 0 Å². The molecule has 5 heteroatoms. The maximum absolute atomic E-state index is 5.44. The lowest BCUT2D eigenvalue weighted by Gasteiger charge is -2.15. The van der Waals surface area contributed by atoms with Crippen molar-refractivity contribution in [1.29, 1.82) is 0 Å². The van der Waals surface area contributed by atoms with Crippen LogP contribution < -0.4 is 10.6 Å². The van der Waals surface area contributed by atoms with Gasteiger partial charge in [-0.15, -0.1) is 10.2 Å². The van der Waals surface area contributed by atoms with Crippen LogP contribution in [-0.4, -0.2) is 23.3 Å². The lowest BCUT2D eigenvalue weighted by atomic mass is 10.6. The molecule has 0 aromatic carbocycles. The smallest absolute Gasteiger partial charge is 0.209 e. The van der Waals surface area contributed by atoms with E-state index in [4.69, 9.17) is 5.73 Å². The molecule has 1 heterocycles. The van der Waals surface area contributed by atoms with Crippen molar-refractivity contribution >= 4 is 21.6 Å². The molecule has 0 aliphatic carbocycles. The zero-order chi connectivity index (χ0) is 8.27. The van der Waals surface area contributed by atoms with Gasteiger partial charge in [0.05, 0.1) is 0 Å². The first-order valence-corrected chi connectivity index (χ1v) is 4.43. The quantitative estimate of drug-likeness (QED) is 0.738. The molecule has 0 radical (unpaired) electrons. The predicted molar refractivity (Wildman–Crippen MR) is 47.9 cm³/mol. The van der Waals surface area contributed by atoms with Gasteiger partial charge < -0.3 is 10.6 Å². The van der Waals surface area contributed by atoms with E-state index in [0.29, 0.717) is 5.13 Å². The Morgan fingerprint density at radius 3 is 2.36 bits per heavy atom. The first-order chi connectivity index (χ1) is 5.27. The lowest BCUT2D eigenvalue weighted by Crippen LogP contribution is -2.21. The Bertz CT molecular complexity index is 218. The number of nitrogens with zero attached hydrogens (tertiary/aromatic N) is 3. The molecule has 0 fully saturated rings. The van der Waals surface area contributed by atoms with Gasteiger partial charge in [-0.2, -0.15) is 0 Å². The second-order valence-corrected chi connectivity index (χ2v) is 3.08. The van der Waals surface area contributed by atoms with Gasteiger partial charge in [0.1, 0.15) is 0 Å². The Morgan fingerprint density at radius 2 is 2.00 bits per heavy atom. The van der Waals surface area contributed by atoms with E-state index in [2.05, 4.69) is 28.9 Å². The van der Waals surface area contributed by atoms with Crippen molar-refractivity contribution in [2.24, 2.45) is 0 Å². The molecular formula is C6H12N4S. The largest absolute Gasteiger partial charge is 0.374 e. The minimum Gasteiger partial charge on any atom is -0.374 e. The zero-order valence-corrected chi connectivity index (χ0v) is 7.56. The normalized spacial score (nSPS) is 10.0. The summed E-state index contributed by atoms with van der Waals surface area (Å²) in [7, 11) is 0. The summed E-state index contributed by atoms with van der Waals surface area (Å²) in [6.45, 7) is 6.07. The van der Waals surface area contributed by atoms with Crippen molar-refractivity contribution in [1.82, 2.24) is 10.2 Å². The van der Waals surface area contributed by atoms with E-state index >= 15 is 0 Å². The highest BCUT2D eigenvalue weighted by Crippen LogP contribution is 2.20. The van der Waals surface area contributed by atoms with E-state index in [9.17, 15) is 0 Å². The molecule has 11 heavy (non-hydrogen) atoms. The van der Waals surface area contributed by atoms with Crippen molar-refractivity contribution in [2.45, 2.75) is 13.8 Å². The zero-order valence-electron chi connectivity index (χ0n) is 6.74. The van der Waals surface area contributed by atoms with Crippen LogP contribution in [0.4, 0.5) is 10.3 Å². The minimum atomic E-state index is 0.534. The molecule has 0 saturated carbocycles. The molecule has 0 aliphatic rings. The van der Waals surface area contributed by atoms with Crippen LogP contribution in [0.3, 0.4) is 0 Å². The summed E-state index contributed by atoms with van der Waals surface area (Å²) < 4.78 is 0. The predicted octanol–water partition coefficient (Wildman–Crippen LogP) is 0.967. The van der Waals surface area contributed by atoms with Crippen LogP contribution in [0.15, 0.2) is 0 Å². The molecule has 1 aromatic heterocycles. The molecule has 62 valence electrons. The van der Waals surface area contributed by atoms with Gasteiger partial charge in [-0.25, -0.2) is 0 Å². The molecule has 0 atom stereocenters. The summed E-state index contributed by atoms with van der Waals surface area (Å²) >= 11 is 1.43. The fourth-order valence-corrected chi connectivity index (χ4v) is 1.59. The Kier molecular flexibility index (Phi) is 2.64. The molecule has 2 N–H and O–H groups in total. The average molecular weight is 172 g/mol. The second kappa shape index (κ2) is 3.52. The van der Waals surface area contributed by atoms with Crippen molar-refractivity contribution in [3.05, 3.63) is 0 Å². The van der Waals surface area contributed by atoms with Crippen LogP contribution in [0.1, 0.15) is 13.8 Å². The number of aromatic nitrogens is 2. The number of nitrogens with two attached hydrogens (primary N) is 1. The maximum Gasteiger partial charge on any atom is 0.209 e. The topological polar surface area (TPSA) is 55.0 Å². The number of hydrogen-bond acceptors (Lipinski definition) is 5. The summed E-state index contributed by atoms with van der Waals surface area (Å²) in [5.74, 6) is 0. The lowest BCUT2D eigenvalue weighted by molar-refractivity contribution is 0.846. The summed E-state index contributed by atoms with van der Waals surface area (Å²) in [4.78, 5) is 2.12. The van der Waals surface area contributed by atoms with Crippen LogP contribution in [0.2, 0.25) is 0 Å². The third kappa shape index (κ3) is 1.80. The van der Waals surface area contributed by atoms with Gasteiger partial charge in [0.2, 0.25) is 10.3 Å². The first-order valence-electron chi connectivity index (χ1n) is 3.61.